The minimum atomic E-state index is -1.55. The summed E-state index contributed by atoms with van der Waals surface area (Å²) in [5, 5.41) is 8.85. The largest absolute Gasteiger partial charge is 0.477 e. The first-order valence-corrected chi connectivity index (χ1v) is 9.81. The summed E-state index contributed by atoms with van der Waals surface area (Å²) in [6.07, 6.45) is 0.946. The number of rotatable bonds is 4. The van der Waals surface area contributed by atoms with Crippen molar-refractivity contribution in [2.45, 2.75) is 5.38 Å². The molecule has 0 amide bonds. The molecule has 2 aromatic carbocycles. The second-order valence-corrected chi connectivity index (χ2v) is 7.94. The molecule has 0 radical (unpaired) electrons. The molecule has 0 spiro atoms. The van der Waals surface area contributed by atoms with Crippen molar-refractivity contribution in [2.24, 2.45) is 11.7 Å². The molecule has 2 heterocycles. The minimum Gasteiger partial charge on any atom is -0.477 e. The maximum Gasteiger partial charge on any atom is 0.341 e. The number of fused-ring (bicyclic) bond motifs is 1. The van der Waals surface area contributed by atoms with E-state index in [4.69, 9.17) is 17.3 Å². The van der Waals surface area contributed by atoms with Crippen LogP contribution >= 0.6 is 11.6 Å². The maximum atomic E-state index is 15.0. The Kier molecular flexibility index (Phi) is 5.40. The van der Waals surface area contributed by atoms with Crippen molar-refractivity contribution >= 4 is 34.2 Å². The molecular weight excluding hydrogens is 435 g/mol. The summed E-state index contributed by atoms with van der Waals surface area (Å²) in [5.41, 5.74) is 4.12. The molecule has 10 heteroatoms. The lowest BCUT2D eigenvalue weighted by atomic mass is 10.1. The number of hydrogen-bond donors (Lipinski definition) is 2. The van der Waals surface area contributed by atoms with Gasteiger partial charge in [0, 0.05) is 36.7 Å². The molecule has 0 aliphatic carbocycles. The van der Waals surface area contributed by atoms with Gasteiger partial charge in [-0.2, -0.15) is 0 Å². The smallest absolute Gasteiger partial charge is 0.341 e. The average molecular weight is 452 g/mol. The van der Waals surface area contributed by atoms with Crippen LogP contribution in [0, 0.1) is 23.4 Å². The molecule has 2 atom stereocenters. The first kappa shape index (κ1) is 21.2. The second-order valence-electron chi connectivity index (χ2n) is 7.38. The number of pyridine rings is 1. The van der Waals surface area contributed by atoms with Gasteiger partial charge >= 0.3 is 5.97 Å². The molecule has 3 aromatic rings. The maximum absolute atomic E-state index is 15.0. The van der Waals surface area contributed by atoms with E-state index in [9.17, 15) is 27.9 Å². The summed E-state index contributed by atoms with van der Waals surface area (Å²) in [7, 11) is 0. The normalized spacial score (nSPS) is 18.7. The van der Waals surface area contributed by atoms with Crippen molar-refractivity contribution in [3.63, 3.8) is 0 Å². The fourth-order valence-corrected chi connectivity index (χ4v) is 4.20. The van der Waals surface area contributed by atoms with Crippen molar-refractivity contribution in [2.75, 3.05) is 24.5 Å². The number of hydrogen-bond acceptors (Lipinski definition) is 4. The number of aromatic nitrogens is 1. The number of nitrogens with zero attached hydrogens (tertiary/aromatic N) is 2. The van der Waals surface area contributed by atoms with Gasteiger partial charge in [0.15, 0.2) is 0 Å². The van der Waals surface area contributed by atoms with Crippen LogP contribution in [0.3, 0.4) is 0 Å². The molecule has 6 nitrogen and oxygen atoms in total. The molecule has 1 aromatic heterocycles. The first-order valence-electron chi connectivity index (χ1n) is 9.38. The standard InChI is InChI=1S/C21H17ClF3N3O3/c22-14-9-27(7-10(14)6-26)19-5-18-12(4-16(19)25)20(29)13(21(30)31)8-28(18)17-2-1-11(23)3-15(17)24/h1-5,8,10,14H,6-7,9,26H2,(H,30,31). The number of carbonyl (C=O) groups is 1. The third-order valence-electron chi connectivity index (χ3n) is 5.48. The van der Waals surface area contributed by atoms with Crippen LogP contribution in [0.5, 0.6) is 0 Å². The van der Waals surface area contributed by atoms with Crippen LogP contribution < -0.4 is 16.1 Å². The third-order valence-corrected chi connectivity index (χ3v) is 5.97. The number of carboxylic acids is 1. The number of nitrogens with two attached hydrogens (primary N) is 1. The molecule has 0 saturated carbocycles. The number of alkyl halides is 1. The Morgan fingerprint density at radius 1 is 1.13 bits per heavy atom. The molecule has 0 bridgehead atoms. The Hall–Kier alpha value is -3.04. The molecule has 3 N–H and O–H groups in total. The average Bonchev–Trinajstić information content (AvgIpc) is 3.09. The first-order chi connectivity index (χ1) is 14.7. The summed E-state index contributed by atoms with van der Waals surface area (Å²) in [6.45, 7) is 1.01. The highest BCUT2D eigenvalue weighted by Gasteiger charge is 2.32. The molecule has 1 saturated heterocycles. The summed E-state index contributed by atoms with van der Waals surface area (Å²) in [5.74, 6) is -4.17. The second kappa shape index (κ2) is 7.90. The van der Waals surface area contributed by atoms with Gasteiger partial charge in [0.25, 0.3) is 0 Å². The Morgan fingerprint density at radius 3 is 2.45 bits per heavy atom. The van der Waals surface area contributed by atoms with Crippen molar-refractivity contribution in [1.29, 1.82) is 0 Å². The van der Waals surface area contributed by atoms with Crippen LogP contribution in [0.15, 0.2) is 41.3 Å². The SMILES string of the molecule is NCC1CN(c2cc3c(cc2F)c(=O)c(C(=O)O)cn3-c2ccc(F)cc2F)CC1Cl. The summed E-state index contributed by atoms with van der Waals surface area (Å²) >= 11 is 6.29. The van der Waals surface area contributed by atoms with Gasteiger partial charge in [-0.15, -0.1) is 11.6 Å². The summed E-state index contributed by atoms with van der Waals surface area (Å²) in [6, 6.07) is 5.00. The summed E-state index contributed by atoms with van der Waals surface area (Å²) in [4.78, 5) is 25.9. The highest BCUT2D eigenvalue weighted by molar-refractivity contribution is 6.21. The predicted octanol–water partition coefficient (Wildman–Crippen LogP) is 3.11. The predicted molar refractivity (Wildman–Crippen MR) is 111 cm³/mol. The van der Waals surface area contributed by atoms with Crippen molar-refractivity contribution in [1.82, 2.24) is 4.57 Å². The Labute approximate surface area is 179 Å². The Morgan fingerprint density at radius 2 is 1.84 bits per heavy atom. The highest BCUT2D eigenvalue weighted by atomic mass is 35.5. The van der Waals surface area contributed by atoms with Gasteiger partial charge in [-0.3, -0.25) is 4.79 Å². The lowest BCUT2D eigenvalue weighted by Crippen LogP contribution is -2.24. The van der Waals surface area contributed by atoms with E-state index in [0.717, 1.165) is 29.0 Å². The molecule has 4 rings (SSSR count). The molecular formula is C21H17ClF3N3O3. The molecule has 31 heavy (non-hydrogen) atoms. The van der Waals surface area contributed by atoms with Gasteiger partial charge in [0.2, 0.25) is 5.43 Å². The number of halogens is 4. The van der Waals surface area contributed by atoms with Crippen molar-refractivity contribution < 1.29 is 23.1 Å². The van der Waals surface area contributed by atoms with Crippen LogP contribution in [0.4, 0.5) is 18.9 Å². The van der Waals surface area contributed by atoms with E-state index in [1.807, 2.05) is 0 Å². The Balaban J connectivity index is 2.00. The van der Waals surface area contributed by atoms with Crippen molar-refractivity contribution in [3.8, 4) is 5.69 Å². The van der Waals surface area contributed by atoms with Crippen LogP contribution in [-0.2, 0) is 0 Å². The number of carboxylic acid groups (broad SMARTS) is 1. The fourth-order valence-electron chi connectivity index (χ4n) is 3.86. The van der Waals surface area contributed by atoms with Crippen LogP contribution in [0.2, 0.25) is 0 Å². The molecule has 1 aliphatic rings. The van der Waals surface area contributed by atoms with Gasteiger partial charge in [-0.1, -0.05) is 0 Å². The van der Waals surface area contributed by atoms with Crippen LogP contribution in [0.25, 0.3) is 16.6 Å². The van der Waals surface area contributed by atoms with E-state index in [2.05, 4.69) is 0 Å². The van der Waals surface area contributed by atoms with Gasteiger partial charge in [-0.05, 0) is 30.8 Å². The lowest BCUT2D eigenvalue weighted by Gasteiger charge is -2.21. The molecule has 162 valence electrons. The molecule has 2 unspecified atom stereocenters. The molecule has 1 fully saturated rings. The van der Waals surface area contributed by atoms with E-state index < -0.39 is 34.4 Å². The van der Waals surface area contributed by atoms with Crippen molar-refractivity contribution in [3.05, 3.63) is 69.8 Å². The summed E-state index contributed by atoms with van der Waals surface area (Å²) < 4.78 is 44.0. The number of aromatic carboxylic acids is 1. The van der Waals surface area contributed by atoms with E-state index in [1.54, 1.807) is 4.90 Å². The van der Waals surface area contributed by atoms with Gasteiger partial charge in [0.1, 0.15) is 23.0 Å². The zero-order valence-electron chi connectivity index (χ0n) is 16.0. The van der Waals surface area contributed by atoms with Gasteiger partial charge in [0.05, 0.1) is 22.3 Å². The third kappa shape index (κ3) is 3.64. The van der Waals surface area contributed by atoms with E-state index >= 15 is 0 Å². The van der Waals surface area contributed by atoms with E-state index in [1.165, 1.54) is 6.07 Å². The minimum absolute atomic E-state index is 0.0668. The van der Waals surface area contributed by atoms with E-state index in [0.29, 0.717) is 25.7 Å². The fraction of sp³-hybridized carbons (Fsp3) is 0.238. The zero-order valence-corrected chi connectivity index (χ0v) is 16.7. The number of anilines is 1. The lowest BCUT2D eigenvalue weighted by molar-refractivity contribution is 0.0695. The Bertz CT molecular complexity index is 1260. The van der Waals surface area contributed by atoms with Crippen LogP contribution in [0.1, 0.15) is 10.4 Å². The quantitative estimate of drug-likeness (QED) is 0.595. The zero-order chi connectivity index (χ0) is 22.4. The topological polar surface area (TPSA) is 88.6 Å². The van der Waals surface area contributed by atoms with Gasteiger partial charge < -0.3 is 20.3 Å². The van der Waals surface area contributed by atoms with E-state index in [-0.39, 0.29) is 33.6 Å². The number of benzene rings is 2. The van der Waals surface area contributed by atoms with Gasteiger partial charge in [-0.25, -0.2) is 18.0 Å². The monoisotopic (exact) mass is 451 g/mol. The highest BCUT2D eigenvalue weighted by Crippen LogP contribution is 2.32. The molecule has 1 aliphatic heterocycles. The van der Waals surface area contributed by atoms with Crippen LogP contribution in [-0.4, -0.2) is 40.7 Å².